The predicted molar refractivity (Wildman–Crippen MR) is 175 cm³/mol. The van der Waals surface area contributed by atoms with Crippen molar-refractivity contribution in [3.63, 3.8) is 0 Å². The molecule has 0 radical (unpaired) electrons. The molecule has 0 unspecified atom stereocenters. The number of ether oxygens (including phenoxy) is 1. The van der Waals surface area contributed by atoms with Crippen molar-refractivity contribution in [3.8, 4) is 0 Å². The second-order valence-electron chi connectivity index (χ2n) is 15.0. The number of hydrogen-bond acceptors (Lipinski definition) is 10. The maximum absolute atomic E-state index is 13.9. The van der Waals surface area contributed by atoms with Crippen LogP contribution in [-0.4, -0.2) is 57.7 Å². The minimum absolute atomic E-state index is 0.0261. The summed E-state index contributed by atoms with van der Waals surface area (Å²) in [4.78, 5) is 17.0. The van der Waals surface area contributed by atoms with Gasteiger partial charge in [-0.2, -0.15) is 4.98 Å². The maximum atomic E-state index is 13.9. The second kappa shape index (κ2) is 13.2. The molecule has 46 heavy (non-hydrogen) atoms. The second-order valence-corrected chi connectivity index (χ2v) is 26.1. The Kier molecular flexibility index (Phi) is 10.7. The highest BCUT2D eigenvalue weighted by molar-refractivity contribution is 7.48. The third kappa shape index (κ3) is 8.24. The summed E-state index contributed by atoms with van der Waals surface area (Å²) in [7, 11) is -9.23. The molecule has 2 aliphatic heterocycles. The lowest BCUT2D eigenvalue weighted by atomic mass is 10.1. The summed E-state index contributed by atoms with van der Waals surface area (Å²) in [5.74, 6) is -1.50. The van der Waals surface area contributed by atoms with E-state index in [0.717, 1.165) is 18.2 Å². The molecule has 4 rings (SSSR count). The largest absolute Gasteiger partial charge is 0.475 e. The van der Waals surface area contributed by atoms with Gasteiger partial charge >= 0.3 is 13.5 Å². The van der Waals surface area contributed by atoms with E-state index < -0.39 is 72.4 Å². The lowest BCUT2D eigenvalue weighted by Crippen LogP contribution is -2.54. The molecule has 0 saturated carbocycles. The van der Waals surface area contributed by atoms with Crippen LogP contribution in [0.5, 0.6) is 0 Å². The SMILES string of the molecule is CC(C)(C)[Si](C)(C)O[C@H]1[C@H](O[Si](C)(C)C(C)(C)C)[C@@H](CO[P@]2(=O)OCC[C@H](c3cc(F)cc(F)c3)O2)O[C@H]1n1ccc(N)nc1=O. The van der Waals surface area contributed by atoms with Crippen molar-refractivity contribution in [1.29, 1.82) is 0 Å². The monoisotopic (exact) mass is 703 g/mol. The van der Waals surface area contributed by atoms with Crippen LogP contribution < -0.4 is 11.4 Å². The molecule has 2 saturated heterocycles. The zero-order valence-electron chi connectivity index (χ0n) is 28.3. The highest BCUT2D eigenvalue weighted by Crippen LogP contribution is 2.57. The third-order valence-electron chi connectivity index (χ3n) is 9.42. The van der Waals surface area contributed by atoms with E-state index >= 15 is 0 Å². The van der Waals surface area contributed by atoms with E-state index in [1.807, 2.05) is 0 Å². The first kappa shape index (κ1) is 37.0. The van der Waals surface area contributed by atoms with Gasteiger partial charge in [0.25, 0.3) is 0 Å². The highest BCUT2D eigenvalue weighted by atomic mass is 31.2. The van der Waals surface area contributed by atoms with Gasteiger partial charge in [-0.25, -0.2) is 18.1 Å². The average Bonchev–Trinajstić information content (AvgIpc) is 3.21. The Morgan fingerprint density at radius 2 is 1.57 bits per heavy atom. The van der Waals surface area contributed by atoms with Gasteiger partial charge in [-0.3, -0.25) is 18.1 Å². The molecule has 1 aromatic carbocycles. The lowest BCUT2D eigenvalue weighted by molar-refractivity contribution is -0.0593. The fourth-order valence-electron chi connectivity index (χ4n) is 4.72. The highest BCUT2D eigenvalue weighted by Gasteiger charge is 2.55. The molecule has 258 valence electrons. The summed E-state index contributed by atoms with van der Waals surface area (Å²) >= 11 is 0. The summed E-state index contributed by atoms with van der Waals surface area (Å²) in [6.45, 7) is 20.7. The van der Waals surface area contributed by atoms with E-state index in [0.29, 0.717) is 0 Å². The lowest BCUT2D eigenvalue weighted by Gasteiger charge is -2.44. The Morgan fingerprint density at radius 1 is 1.00 bits per heavy atom. The number of nitrogens with two attached hydrogens (primary N) is 1. The standard InChI is InChI=1S/C30H48F2N3O8PSi2/c1-29(2,3)45(7,8)42-25-23(18-39-44(37)38-14-12-22(41-44)19-15-20(31)17-21(32)16-19)40-27(35-13-11-24(33)34-28(35)36)26(25)43-46(9,10)30(4,5)6/h11,13,15-17,22-23,25-27H,12,14,18H2,1-10H3,(H2,33,34,36)/t22-,23-,25-,26+,27-,44+/m1/s1. The molecule has 16 heteroatoms. The van der Waals surface area contributed by atoms with Gasteiger partial charge in [-0.05, 0) is 60.0 Å². The van der Waals surface area contributed by atoms with E-state index in [4.69, 9.17) is 32.9 Å². The smallest absolute Gasteiger partial charge is 0.408 e. The van der Waals surface area contributed by atoms with Crippen molar-refractivity contribution in [1.82, 2.24) is 9.55 Å². The van der Waals surface area contributed by atoms with Crippen molar-refractivity contribution >= 4 is 30.3 Å². The van der Waals surface area contributed by atoms with E-state index in [2.05, 4.69) is 72.7 Å². The van der Waals surface area contributed by atoms with Gasteiger partial charge in [0.15, 0.2) is 22.9 Å². The quantitative estimate of drug-likeness (QED) is 0.213. The first-order valence-corrected chi connectivity index (χ1v) is 22.7. The molecule has 2 aliphatic rings. The molecule has 0 bridgehead atoms. The molecule has 0 amide bonds. The summed E-state index contributed by atoms with van der Waals surface area (Å²) in [6.07, 6.45) is -2.60. The molecule has 11 nitrogen and oxygen atoms in total. The summed E-state index contributed by atoms with van der Waals surface area (Å²) in [5, 5.41) is -0.398. The van der Waals surface area contributed by atoms with Gasteiger partial charge in [-0.15, -0.1) is 0 Å². The summed E-state index contributed by atoms with van der Waals surface area (Å²) in [6, 6.07) is 4.50. The Hall–Kier alpha value is -1.82. The van der Waals surface area contributed by atoms with Crippen LogP contribution in [0.3, 0.4) is 0 Å². The van der Waals surface area contributed by atoms with E-state index in [-0.39, 0.29) is 41.1 Å². The van der Waals surface area contributed by atoms with Crippen molar-refractivity contribution in [2.45, 2.75) is 115 Å². The molecule has 6 atom stereocenters. The molecule has 2 aromatic rings. The predicted octanol–water partition coefficient (Wildman–Crippen LogP) is 7.08. The zero-order chi connectivity index (χ0) is 34.5. The third-order valence-corrected chi connectivity index (χ3v) is 19.8. The minimum atomic E-state index is -4.22. The molecule has 1 aromatic heterocycles. The van der Waals surface area contributed by atoms with Gasteiger partial charge in [0.05, 0.1) is 19.3 Å². The van der Waals surface area contributed by atoms with Crippen LogP contribution in [0.4, 0.5) is 14.6 Å². The van der Waals surface area contributed by atoms with Crippen LogP contribution in [-0.2, 0) is 31.7 Å². The fraction of sp³-hybridized carbons (Fsp3) is 0.667. The van der Waals surface area contributed by atoms with Gasteiger partial charge in [-0.1, -0.05) is 41.5 Å². The number of halogens is 2. The van der Waals surface area contributed by atoms with Crippen molar-refractivity contribution in [2.75, 3.05) is 18.9 Å². The average molecular weight is 704 g/mol. The molecule has 2 fully saturated rings. The zero-order valence-corrected chi connectivity index (χ0v) is 31.2. The van der Waals surface area contributed by atoms with Crippen molar-refractivity contribution in [3.05, 3.63) is 58.1 Å². The Bertz CT molecular complexity index is 1490. The number of aromatic nitrogens is 2. The Labute approximate surface area is 271 Å². The number of nitrogen functional groups attached to an aromatic ring is 1. The first-order valence-electron chi connectivity index (χ1n) is 15.4. The number of nitrogens with zero attached hydrogens (tertiary/aromatic N) is 2. The van der Waals surface area contributed by atoms with Crippen LogP contribution in [0, 0.1) is 11.6 Å². The van der Waals surface area contributed by atoms with Crippen LogP contribution in [0.25, 0.3) is 0 Å². The van der Waals surface area contributed by atoms with E-state index in [1.165, 1.54) is 16.8 Å². The topological polar surface area (TPSA) is 133 Å². The van der Waals surface area contributed by atoms with Gasteiger partial charge < -0.3 is 19.3 Å². The molecular weight excluding hydrogens is 655 g/mol. The van der Waals surface area contributed by atoms with Gasteiger partial charge in [0, 0.05) is 18.7 Å². The molecule has 0 spiro atoms. The number of phosphoric ester groups is 1. The van der Waals surface area contributed by atoms with Crippen LogP contribution in [0.2, 0.25) is 36.3 Å². The normalized spacial score (nSPS) is 28.0. The van der Waals surface area contributed by atoms with Crippen molar-refractivity contribution in [2.24, 2.45) is 0 Å². The number of anilines is 1. The van der Waals surface area contributed by atoms with Crippen LogP contribution >= 0.6 is 7.82 Å². The molecule has 3 heterocycles. The minimum Gasteiger partial charge on any atom is -0.408 e. The molecule has 2 N–H and O–H groups in total. The summed E-state index contributed by atoms with van der Waals surface area (Å²) < 4.78 is 80.4. The number of benzene rings is 1. The molecular formula is C30H48F2N3O8PSi2. The van der Waals surface area contributed by atoms with E-state index in [1.54, 1.807) is 0 Å². The summed E-state index contributed by atoms with van der Waals surface area (Å²) in [5.41, 5.74) is 5.34. The first-order chi connectivity index (χ1) is 21.0. The van der Waals surface area contributed by atoms with Crippen LogP contribution in [0.1, 0.15) is 65.9 Å². The van der Waals surface area contributed by atoms with Gasteiger partial charge in [0.2, 0.25) is 0 Å². The van der Waals surface area contributed by atoms with Crippen molar-refractivity contribution < 1.29 is 40.5 Å². The Balaban J connectivity index is 1.70. The fourth-order valence-corrected chi connectivity index (χ4v) is 8.72. The number of rotatable bonds is 9. The molecule has 0 aliphatic carbocycles. The maximum Gasteiger partial charge on any atom is 0.475 e. The van der Waals surface area contributed by atoms with E-state index in [9.17, 15) is 18.1 Å². The van der Waals surface area contributed by atoms with Crippen LogP contribution in [0.15, 0.2) is 35.3 Å². The Morgan fingerprint density at radius 3 is 2.11 bits per heavy atom. The van der Waals surface area contributed by atoms with Gasteiger partial charge in [0.1, 0.15) is 35.8 Å². The number of hydrogen-bond donors (Lipinski definition) is 1. The number of phosphoric acid groups is 1.